The van der Waals surface area contributed by atoms with E-state index in [1.54, 1.807) is 18.4 Å². The van der Waals surface area contributed by atoms with Gasteiger partial charge in [0, 0.05) is 10.6 Å². The zero-order valence-corrected chi connectivity index (χ0v) is 14.6. The van der Waals surface area contributed by atoms with Crippen LogP contribution in [-0.4, -0.2) is 13.7 Å². The average molecular weight is 375 g/mol. The van der Waals surface area contributed by atoms with Crippen molar-refractivity contribution >= 4 is 38.9 Å². The van der Waals surface area contributed by atoms with Crippen molar-refractivity contribution in [2.24, 2.45) is 0 Å². The Morgan fingerprint density at radius 3 is 2.85 bits per heavy atom. The van der Waals surface area contributed by atoms with Crippen LogP contribution in [0, 0.1) is 0 Å². The Morgan fingerprint density at radius 1 is 1.45 bits per heavy atom. The Morgan fingerprint density at radius 2 is 2.25 bits per heavy atom. The molecular weight excluding hydrogens is 358 g/mol. The summed E-state index contributed by atoms with van der Waals surface area (Å²) in [7, 11) is 1.68. The molecule has 0 amide bonds. The highest BCUT2D eigenvalue weighted by Gasteiger charge is 2.20. The minimum Gasteiger partial charge on any atom is -0.495 e. The molecule has 0 radical (unpaired) electrons. The van der Waals surface area contributed by atoms with E-state index in [2.05, 4.69) is 45.0 Å². The second-order valence-corrected chi connectivity index (χ2v) is 6.52. The van der Waals surface area contributed by atoms with Crippen molar-refractivity contribution in [1.29, 1.82) is 0 Å². The van der Waals surface area contributed by atoms with E-state index in [0.717, 1.165) is 28.8 Å². The Kier molecular flexibility index (Phi) is 5.90. The zero-order valence-electron chi connectivity index (χ0n) is 11.5. The summed E-state index contributed by atoms with van der Waals surface area (Å²) in [5.41, 5.74) is 2.29. The third kappa shape index (κ3) is 3.55. The molecular formula is C15H17BrClNOS. The number of thiophene rings is 1. The summed E-state index contributed by atoms with van der Waals surface area (Å²) >= 11 is 11.4. The summed E-state index contributed by atoms with van der Waals surface area (Å²) in [5, 5.41) is 8.50. The highest BCUT2D eigenvalue weighted by atomic mass is 79.9. The molecule has 1 unspecified atom stereocenters. The van der Waals surface area contributed by atoms with Crippen LogP contribution in [-0.2, 0) is 0 Å². The van der Waals surface area contributed by atoms with Gasteiger partial charge in [0.15, 0.2) is 0 Å². The molecule has 1 aromatic heterocycles. The molecule has 0 aliphatic carbocycles. The molecule has 0 fully saturated rings. The summed E-state index contributed by atoms with van der Waals surface area (Å²) in [6, 6.07) is 6.04. The summed E-state index contributed by atoms with van der Waals surface area (Å²) in [5.74, 6) is 0.828. The van der Waals surface area contributed by atoms with E-state index in [1.807, 2.05) is 12.1 Å². The van der Waals surface area contributed by atoms with Crippen molar-refractivity contribution in [1.82, 2.24) is 5.32 Å². The maximum Gasteiger partial charge on any atom is 0.138 e. The molecule has 0 aliphatic heterocycles. The van der Waals surface area contributed by atoms with Gasteiger partial charge in [-0.05, 0) is 63.4 Å². The maximum atomic E-state index is 6.21. The van der Waals surface area contributed by atoms with E-state index >= 15 is 0 Å². The molecule has 0 saturated carbocycles. The highest BCUT2D eigenvalue weighted by Crippen LogP contribution is 2.38. The predicted molar refractivity (Wildman–Crippen MR) is 90.2 cm³/mol. The minimum absolute atomic E-state index is 0.0890. The van der Waals surface area contributed by atoms with Gasteiger partial charge in [0.2, 0.25) is 0 Å². The summed E-state index contributed by atoms with van der Waals surface area (Å²) in [6.45, 7) is 3.09. The van der Waals surface area contributed by atoms with Gasteiger partial charge < -0.3 is 10.1 Å². The summed E-state index contributed by atoms with van der Waals surface area (Å²) < 4.78 is 6.42. The van der Waals surface area contributed by atoms with E-state index < -0.39 is 0 Å². The Hall–Kier alpha value is -0.550. The number of halogens is 2. The Labute approximate surface area is 137 Å². The first-order chi connectivity index (χ1) is 9.67. The van der Waals surface area contributed by atoms with Crippen LogP contribution < -0.4 is 10.1 Å². The van der Waals surface area contributed by atoms with Gasteiger partial charge in [-0.15, -0.1) is 0 Å². The number of benzene rings is 1. The third-order valence-corrected chi connectivity index (χ3v) is 4.54. The molecule has 1 N–H and O–H groups in total. The van der Waals surface area contributed by atoms with Crippen molar-refractivity contribution in [2.45, 2.75) is 19.4 Å². The molecule has 2 rings (SSSR count). The number of nitrogens with one attached hydrogen (secondary N) is 1. The summed E-state index contributed by atoms with van der Waals surface area (Å²) in [6.07, 6.45) is 1.07. The van der Waals surface area contributed by atoms with E-state index in [9.17, 15) is 0 Å². The molecule has 1 aromatic carbocycles. The minimum atomic E-state index is 0.0890. The standard InChI is InChI=1S/C15H17BrClNOS/c1-3-5-18-14(10-4-6-20-9-10)12-7-11(17)8-13(16)15(12)19-2/h4,6-9,14,18H,3,5H2,1-2H3. The molecule has 1 heterocycles. The fourth-order valence-corrected chi connectivity index (χ4v) is 3.83. The van der Waals surface area contributed by atoms with Gasteiger partial charge >= 0.3 is 0 Å². The van der Waals surface area contributed by atoms with Crippen LogP contribution in [0.1, 0.15) is 30.5 Å². The lowest BCUT2D eigenvalue weighted by molar-refractivity contribution is 0.401. The second kappa shape index (κ2) is 7.46. The average Bonchev–Trinajstić information content (AvgIpc) is 2.92. The number of rotatable bonds is 6. The van der Waals surface area contributed by atoms with Crippen molar-refractivity contribution in [3.63, 3.8) is 0 Å². The SMILES string of the molecule is CCCNC(c1ccsc1)c1cc(Cl)cc(Br)c1OC. The first-order valence-corrected chi connectivity index (χ1v) is 8.57. The van der Waals surface area contributed by atoms with Crippen LogP contribution in [0.3, 0.4) is 0 Å². The van der Waals surface area contributed by atoms with E-state index in [0.29, 0.717) is 5.02 Å². The monoisotopic (exact) mass is 373 g/mol. The molecule has 1 atom stereocenters. The van der Waals surface area contributed by atoms with Crippen LogP contribution in [0.5, 0.6) is 5.75 Å². The van der Waals surface area contributed by atoms with Crippen LogP contribution >= 0.6 is 38.9 Å². The summed E-state index contributed by atoms with van der Waals surface area (Å²) in [4.78, 5) is 0. The first kappa shape index (κ1) is 15.8. The van der Waals surface area contributed by atoms with Gasteiger partial charge in [0.1, 0.15) is 5.75 Å². The van der Waals surface area contributed by atoms with Crippen LogP contribution in [0.25, 0.3) is 0 Å². The molecule has 0 aliphatic rings. The predicted octanol–water partition coefficient (Wildman–Crippen LogP) is 5.26. The highest BCUT2D eigenvalue weighted by molar-refractivity contribution is 9.10. The molecule has 108 valence electrons. The number of ether oxygens (including phenoxy) is 1. The van der Waals surface area contributed by atoms with Crippen LogP contribution in [0.2, 0.25) is 5.02 Å². The molecule has 0 spiro atoms. The number of methoxy groups -OCH3 is 1. The zero-order chi connectivity index (χ0) is 14.5. The lowest BCUT2D eigenvalue weighted by Gasteiger charge is -2.21. The van der Waals surface area contributed by atoms with Crippen LogP contribution in [0.4, 0.5) is 0 Å². The maximum absolute atomic E-state index is 6.21. The van der Waals surface area contributed by atoms with Gasteiger partial charge in [-0.25, -0.2) is 0 Å². The van der Waals surface area contributed by atoms with E-state index in [4.69, 9.17) is 16.3 Å². The van der Waals surface area contributed by atoms with E-state index in [1.165, 1.54) is 5.56 Å². The fraction of sp³-hybridized carbons (Fsp3) is 0.333. The van der Waals surface area contributed by atoms with Gasteiger partial charge in [-0.1, -0.05) is 18.5 Å². The van der Waals surface area contributed by atoms with Gasteiger partial charge in [-0.3, -0.25) is 0 Å². The number of hydrogen-bond acceptors (Lipinski definition) is 3. The molecule has 2 nitrogen and oxygen atoms in total. The third-order valence-electron chi connectivity index (χ3n) is 3.03. The Bertz CT molecular complexity index is 559. The van der Waals surface area contributed by atoms with Crippen molar-refractivity contribution in [3.05, 3.63) is 49.6 Å². The molecule has 2 aromatic rings. The van der Waals surface area contributed by atoms with Gasteiger partial charge in [0.05, 0.1) is 17.6 Å². The largest absolute Gasteiger partial charge is 0.495 e. The quantitative estimate of drug-likeness (QED) is 0.744. The van der Waals surface area contributed by atoms with Gasteiger partial charge in [-0.2, -0.15) is 11.3 Å². The second-order valence-electron chi connectivity index (χ2n) is 4.45. The lowest BCUT2D eigenvalue weighted by atomic mass is 10.00. The van der Waals surface area contributed by atoms with Crippen molar-refractivity contribution < 1.29 is 4.74 Å². The molecule has 0 saturated heterocycles. The molecule has 0 bridgehead atoms. The van der Waals surface area contributed by atoms with Crippen LogP contribution in [0.15, 0.2) is 33.4 Å². The topological polar surface area (TPSA) is 21.3 Å². The van der Waals surface area contributed by atoms with E-state index in [-0.39, 0.29) is 6.04 Å². The van der Waals surface area contributed by atoms with Gasteiger partial charge in [0.25, 0.3) is 0 Å². The van der Waals surface area contributed by atoms with Crippen molar-refractivity contribution in [3.8, 4) is 5.75 Å². The normalized spacial score (nSPS) is 12.4. The lowest BCUT2D eigenvalue weighted by Crippen LogP contribution is -2.23. The molecule has 5 heteroatoms. The Balaban J connectivity index is 2.47. The van der Waals surface area contributed by atoms with Crippen molar-refractivity contribution in [2.75, 3.05) is 13.7 Å². The smallest absolute Gasteiger partial charge is 0.138 e. The first-order valence-electron chi connectivity index (χ1n) is 6.45. The number of hydrogen-bond donors (Lipinski definition) is 1. The fourth-order valence-electron chi connectivity index (χ4n) is 2.15. The molecule has 20 heavy (non-hydrogen) atoms.